The Morgan fingerprint density at radius 2 is 2.05 bits per heavy atom. The van der Waals surface area contributed by atoms with Crippen molar-refractivity contribution in [1.29, 1.82) is 0 Å². The summed E-state index contributed by atoms with van der Waals surface area (Å²) in [5.41, 5.74) is 1.21. The molecule has 19 heavy (non-hydrogen) atoms. The van der Waals surface area contributed by atoms with Gasteiger partial charge in [0.25, 0.3) is 0 Å². The Morgan fingerprint density at radius 3 is 2.63 bits per heavy atom. The molecule has 1 aliphatic rings. The molecule has 1 aromatic rings. The number of halogens is 3. The lowest BCUT2D eigenvalue weighted by atomic mass is 10.00. The van der Waals surface area contributed by atoms with E-state index in [4.69, 9.17) is 0 Å². The molecule has 0 radical (unpaired) electrons. The number of benzene rings is 1. The lowest BCUT2D eigenvalue weighted by Gasteiger charge is -2.35. The Hall–Kier alpha value is -0.160. The summed E-state index contributed by atoms with van der Waals surface area (Å²) in [4.78, 5) is 2.50. The second-order valence-electron chi connectivity index (χ2n) is 4.76. The fourth-order valence-electron chi connectivity index (χ4n) is 2.57. The van der Waals surface area contributed by atoms with Crippen LogP contribution in [-0.2, 0) is 0 Å². The van der Waals surface area contributed by atoms with Crippen LogP contribution in [-0.4, -0.2) is 31.1 Å². The van der Waals surface area contributed by atoms with Gasteiger partial charge in [0.1, 0.15) is 5.82 Å². The first-order valence-corrected chi connectivity index (χ1v) is 7.41. The summed E-state index contributed by atoms with van der Waals surface area (Å²) in [7, 11) is 0. The SMILES string of the molecule is CCC[C@H](c1ccc(F)cc1Br)N1CCNCC1.Cl. The summed E-state index contributed by atoms with van der Waals surface area (Å²) in [5.74, 6) is -0.179. The zero-order valence-electron chi connectivity index (χ0n) is 11.2. The number of hydrogen-bond donors (Lipinski definition) is 1. The molecule has 1 saturated heterocycles. The molecule has 1 aliphatic heterocycles. The molecule has 5 heteroatoms. The van der Waals surface area contributed by atoms with Crippen LogP contribution < -0.4 is 5.32 Å². The molecule has 0 bridgehead atoms. The van der Waals surface area contributed by atoms with Crippen molar-refractivity contribution in [3.8, 4) is 0 Å². The molecular weight excluding hydrogens is 331 g/mol. The standard InChI is InChI=1S/C14H20BrFN2.ClH/c1-2-3-14(18-8-6-17-7-9-18)12-5-4-11(16)10-13(12)15;/h4-5,10,14,17H,2-3,6-9H2,1H3;1H/t14-;/m1./s1. The van der Waals surface area contributed by atoms with Crippen LogP contribution >= 0.6 is 28.3 Å². The smallest absolute Gasteiger partial charge is 0.124 e. The number of piperazine rings is 1. The Kier molecular flexibility index (Phi) is 7.29. The van der Waals surface area contributed by atoms with Crippen LogP contribution in [0.15, 0.2) is 22.7 Å². The van der Waals surface area contributed by atoms with E-state index in [2.05, 4.69) is 33.1 Å². The van der Waals surface area contributed by atoms with Crippen LogP contribution in [0, 0.1) is 5.82 Å². The summed E-state index contributed by atoms with van der Waals surface area (Å²) in [6, 6.07) is 5.44. The Bertz CT molecular complexity index is 397. The van der Waals surface area contributed by atoms with Crippen molar-refractivity contribution in [3.63, 3.8) is 0 Å². The molecule has 108 valence electrons. The average molecular weight is 352 g/mol. The third kappa shape index (κ3) is 4.42. The summed E-state index contributed by atoms with van der Waals surface area (Å²) in [6.45, 7) is 6.41. The number of nitrogens with one attached hydrogen (secondary N) is 1. The molecule has 0 aliphatic carbocycles. The summed E-state index contributed by atoms with van der Waals surface area (Å²) >= 11 is 3.50. The second kappa shape index (κ2) is 8.20. The van der Waals surface area contributed by atoms with Crippen molar-refractivity contribution in [2.75, 3.05) is 26.2 Å². The lowest BCUT2D eigenvalue weighted by molar-refractivity contribution is 0.164. The topological polar surface area (TPSA) is 15.3 Å². The second-order valence-corrected chi connectivity index (χ2v) is 5.61. The van der Waals surface area contributed by atoms with E-state index < -0.39 is 0 Å². The molecule has 1 N–H and O–H groups in total. The fraction of sp³-hybridized carbons (Fsp3) is 0.571. The van der Waals surface area contributed by atoms with Crippen molar-refractivity contribution < 1.29 is 4.39 Å². The van der Waals surface area contributed by atoms with Crippen molar-refractivity contribution in [2.24, 2.45) is 0 Å². The largest absolute Gasteiger partial charge is 0.314 e. The molecule has 0 saturated carbocycles. The zero-order chi connectivity index (χ0) is 13.0. The van der Waals surface area contributed by atoms with Crippen LogP contribution in [0.2, 0.25) is 0 Å². The first-order valence-electron chi connectivity index (χ1n) is 6.62. The predicted molar refractivity (Wildman–Crippen MR) is 83.4 cm³/mol. The lowest BCUT2D eigenvalue weighted by Crippen LogP contribution is -2.45. The maximum Gasteiger partial charge on any atom is 0.124 e. The molecule has 1 aromatic carbocycles. The first kappa shape index (κ1) is 16.9. The van der Waals surface area contributed by atoms with Crippen LogP contribution in [0.1, 0.15) is 31.4 Å². The maximum atomic E-state index is 13.2. The molecule has 1 atom stereocenters. The molecular formula is C14H21BrClFN2. The van der Waals surface area contributed by atoms with E-state index in [0.29, 0.717) is 6.04 Å². The molecule has 0 amide bonds. The van der Waals surface area contributed by atoms with Crippen molar-refractivity contribution in [1.82, 2.24) is 10.2 Å². The van der Waals surface area contributed by atoms with Gasteiger partial charge in [-0.3, -0.25) is 4.90 Å². The molecule has 2 nitrogen and oxygen atoms in total. The third-order valence-corrected chi connectivity index (χ3v) is 4.16. The molecule has 2 rings (SSSR count). The minimum absolute atomic E-state index is 0. The van der Waals surface area contributed by atoms with Crippen LogP contribution in [0.5, 0.6) is 0 Å². The fourth-order valence-corrected chi connectivity index (χ4v) is 3.19. The Morgan fingerprint density at radius 1 is 1.37 bits per heavy atom. The zero-order valence-corrected chi connectivity index (χ0v) is 13.6. The normalized spacial score (nSPS) is 17.8. The minimum atomic E-state index is -0.179. The van der Waals surface area contributed by atoms with E-state index in [9.17, 15) is 4.39 Å². The van der Waals surface area contributed by atoms with E-state index in [0.717, 1.165) is 43.5 Å². The highest BCUT2D eigenvalue weighted by Gasteiger charge is 2.23. The van der Waals surface area contributed by atoms with Crippen molar-refractivity contribution in [2.45, 2.75) is 25.8 Å². The monoisotopic (exact) mass is 350 g/mol. The van der Waals surface area contributed by atoms with Gasteiger partial charge in [-0.05, 0) is 24.1 Å². The minimum Gasteiger partial charge on any atom is -0.314 e. The average Bonchev–Trinajstić information content (AvgIpc) is 2.38. The van der Waals surface area contributed by atoms with Gasteiger partial charge in [-0.15, -0.1) is 12.4 Å². The van der Waals surface area contributed by atoms with Gasteiger partial charge < -0.3 is 5.32 Å². The summed E-state index contributed by atoms with van der Waals surface area (Å²) < 4.78 is 14.1. The van der Waals surface area contributed by atoms with Gasteiger partial charge in [-0.1, -0.05) is 35.3 Å². The number of rotatable bonds is 4. The molecule has 0 spiro atoms. The van der Waals surface area contributed by atoms with Gasteiger partial charge in [0.15, 0.2) is 0 Å². The highest BCUT2D eigenvalue weighted by atomic mass is 79.9. The molecule has 1 fully saturated rings. The van der Waals surface area contributed by atoms with Gasteiger partial charge in [-0.2, -0.15) is 0 Å². The van der Waals surface area contributed by atoms with Crippen molar-refractivity contribution in [3.05, 3.63) is 34.1 Å². The number of nitrogens with zero attached hydrogens (tertiary/aromatic N) is 1. The maximum absolute atomic E-state index is 13.2. The Balaban J connectivity index is 0.00000180. The molecule has 1 heterocycles. The van der Waals surface area contributed by atoms with E-state index >= 15 is 0 Å². The quantitative estimate of drug-likeness (QED) is 0.888. The van der Waals surface area contributed by atoms with Gasteiger partial charge in [0.05, 0.1) is 0 Å². The predicted octanol–water partition coefficient (Wildman–Crippen LogP) is 3.76. The van der Waals surface area contributed by atoms with E-state index in [1.165, 1.54) is 5.56 Å². The van der Waals surface area contributed by atoms with E-state index in [1.807, 2.05) is 6.07 Å². The van der Waals surface area contributed by atoms with Gasteiger partial charge >= 0.3 is 0 Å². The third-order valence-electron chi connectivity index (χ3n) is 3.48. The van der Waals surface area contributed by atoms with E-state index in [1.54, 1.807) is 12.1 Å². The highest BCUT2D eigenvalue weighted by molar-refractivity contribution is 9.10. The molecule has 0 unspecified atom stereocenters. The van der Waals surface area contributed by atoms with Crippen LogP contribution in [0.25, 0.3) is 0 Å². The van der Waals surface area contributed by atoms with Gasteiger partial charge in [0.2, 0.25) is 0 Å². The highest BCUT2D eigenvalue weighted by Crippen LogP contribution is 2.32. The summed E-state index contributed by atoms with van der Waals surface area (Å²) in [6.07, 6.45) is 2.25. The first-order chi connectivity index (χ1) is 8.72. The van der Waals surface area contributed by atoms with Crippen molar-refractivity contribution >= 4 is 28.3 Å². The molecule has 0 aromatic heterocycles. The summed E-state index contributed by atoms with van der Waals surface area (Å²) in [5, 5.41) is 3.37. The van der Waals surface area contributed by atoms with Gasteiger partial charge in [-0.25, -0.2) is 4.39 Å². The van der Waals surface area contributed by atoms with E-state index in [-0.39, 0.29) is 18.2 Å². The van der Waals surface area contributed by atoms with Crippen LogP contribution in [0.3, 0.4) is 0 Å². The van der Waals surface area contributed by atoms with Crippen LogP contribution in [0.4, 0.5) is 4.39 Å². The van der Waals surface area contributed by atoms with Gasteiger partial charge in [0, 0.05) is 36.7 Å². The Labute approximate surface area is 129 Å². The number of hydrogen-bond acceptors (Lipinski definition) is 2.